The van der Waals surface area contributed by atoms with E-state index in [1.54, 1.807) is 36.4 Å². The molecule has 13 heteroatoms. The van der Waals surface area contributed by atoms with Crippen molar-refractivity contribution in [1.29, 1.82) is 0 Å². The Morgan fingerprint density at radius 2 is 1.91 bits per heavy atom. The first-order chi connectivity index (χ1) is 22.3. The number of benzene rings is 2. The minimum atomic E-state index is -1.34. The van der Waals surface area contributed by atoms with E-state index >= 15 is 0 Å². The summed E-state index contributed by atoms with van der Waals surface area (Å²) in [7, 11) is 1.45. The van der Waals surface area contributed by atoms with Gasteiger partial charge in [-0.05, 0) is 35.9 Å². The molecule has 1 saturated heterocycles. The number of ether oxygens (including phenoxy) is 3. The number of hydrogen-bond acceptors (Lipinski definition) is 11. The maximum Gasteiger partial charge on any atom is 0.349 e. The van der Waals surface area contributed by atoms with Gasteiger partial charge in [0.25, 0.3) is 5.91 Å². The van der Waals surface area contributed by atoms with E-state index < -0.39 is 41.6 Å². The van der Waals surface area contributed by atoms with Crippen LogP contribution in [0.4, 0.5) is 0 Å². The van der Waals surface area contributed by atoms with E-state index in [1.165, 1.54) is 24.2 Å². The SMILES string of the molecule is COc1cc(CO)cc2c1O[C@@H]1[C@@H](O)[C@H](N(CCN3CCOCC3)C(=O)c3cc4ccccc4oc3=O)C=C(C(=O)NCCO)[C@H]21. The highest BCUT2D eigenvalue weighted by Crippen LogP contribution is 2.51. The van der Waals surface area contributed by atoms with Crippen LogP contribution >= 0.6 is 0 Å². The fraction of sp³-hybridized carbons (Fsp3) is 0.424. The van der Waals surface area contributed by atoms with Crippen LogP contribution in [0.15, 0.2) is 63.3 Å². The van der Waals surface area contributed by atoms with Crippen LogP contribution in [0, 0.1) is 0 Å². The molecule has 0 saturated carbocycles. The Bertz CT molecular complexity index is 1700. The van der Waals surface area contributed by atoms with E-state index in [-0.39, 0.29) is 37.4 Å². The quantitative estimate of drug-likeness (QED) is 0.227. The largest absolute Gasteiger partial charge is 0.493 e. The molecule has 3 heterocycles. The maximum absolute atomic E-state index is 14.3. The van der Waals surface area contributed by atoms with Crippen molar-refractivity contribution in [3.8, 4) is 11.5 Å². The predicted octanol–water partition coefficient (Wildman–Crippen LogP) is 0.391. The topological polar surface area (TPSA) is 171 Å². The summed E-state index contributed by atoms with van der Waals surface area (Å²) in [6.07, 6.45) is -0.820. The number of morpholine rings is 1. The minimum absolute atomic E-state index is 0.0215. The van der Waals surface area contributed by atoms with Crippen molar-refractivity contribution in [3.63, 3.8) is 0 Å². The van der Waals surface area contributed by atoms with Gasteiger partial charge < -0.3 is 44.2 Å². The zero-order valence-electron chi connectivity index (χ0n) is 25.4. The molecule has 2 aromatic carbocycles. The number of hydrogen-bond donors (Lipinski definition) is 4. The molecule has 0 unspecified atom stereocenters. The van der Waals surface area contributed by atoms with Gasteiger partial charge in [-0.2, -0.15) is 0 Å². The summed E-state index contributed by atoms with van der Waals surface area (Å²) < 4.78 is 22.8. The van der Waals surface area contributed by atoms with Gasteiger partial charge in [0.15, 0.2) is 11.5 Å². The zero-order valence-corrected chi connectivity index (χ0v) is 25.4. The standard InChI is InChI=1S/C33H37N3O10/c1-43-26-15-19(18-38)14-21-27-22(31(40)34-6-11-37)17-24(28(39)30(27)46-29(21)26)36(8-7-35-9-12-44-13-10-35)32(41)23-16-20-4-2-3-5-25(20)45-33(23)42/h2-5,14-17,24,27-28,30,37-39H,6-13,18H2,1H3,(H,34,40)/t24-,27+,28+,30+/m1/s1. The number of fused-ring (bicyclic) bond motifs is 4. The van der Waals surface area contributed by atoms with E-state index in [0.717, 1.165) is 0 Å². The minimum Gasteiger partial charge on any atom is -0.493 e. The molecule has 4 N–H and O–H groups in total. The van der Waals surface area contributed by atoms with Gasteiger partial charge in [-0.1, -0.05) is 18.2 Å². The Labute approximate surface area is 264 Å². The number of methoxy groups -OCH3 is 1. The first kappa shape index (κ1) is 31.7. The Morgan fingerprint density at radius 3 is 2.65 bits per heavy atom. The van der Waals surface area contributed by atoms with Gasteiger partial charge in [-0.25, -0.2) is 4.79 Å². The van der Waals surface area contributed by atoms with Crippen LogP contribution in [0.3, 0.4) is 0 Å². The highest BCUT2D eigenvalue weighted by molar-refractivity contribution is 5.98. The number of para-hydroxylation sites is 1. The molecule has 1 aliphatic carbocycles. The lowest BCUT2D eigenvalue weighted by Gasteiger charge is -2.41. The summed E-state index contributed by atoms with van der Waals surface area (Å²) in [4.78, 5) is 44.6. The highest BCUT2D eigenvalue weighted by Gasteiger charge is 2.51. The van der Waals surface area contributed by atoms with Crippen molar-refractivity contribution in [2.24, 2.45) is 0 Å². The first-order valence-corrected chi connectivity index (χ1v) is 15.3. The molecule has 1 fully saturated rings. The van der Waals surface area contributed by atoms with Gasteiger partial charge >= 0.3 is 5.63 Å². The van der Waals surface area contributed by atoms with Crippen molar-refractivity contribution in [1.82, 2.24) is 15.1 Å². The summed E-state index contributed by atoms with van der Waals surface area (Å²) in [5, 5.41) is 34.5. The van der Waals surface area contributed by atoms with Crippen molar-refractivity contribution in [2.75, 3.05) is 59.7 Å². The third-order valence-electron chi connectivity index (χ3n) is 8.75. The molecule has 244 valence electrons. The Kier molecular flexibility index (Phi) is 9.38. The van der Waals surface area contributed by atoms with E-state index in [2.05, 4.69) is 10.2 Å². The molecular weight excluding hydrogens is 598 g/mol. The van der Waals surface area contributed by atoms with Crippen LogP contribution in [-0.4, -0.2) is 115 Å². The predicted molar refractivity (Wildman–Crippen MR) is 165 cm³/mol. The molecule has 1 aromatic heterocycles. The van der Waals surface area contributed by atoms with Gasteiger partial charge in [-0.3, -0.25) is 14.5 Å². The normalized spacial score (nSPS) is 22.4. The molecular formula is C33H37N3O10. The van der Waals surface area contributed by atoms with Crippen LogP contribution in [0.5, 0.6) is 11.5 Å². The number of carbonyl (C=O) groups is 2. The fourth-order valence-electron chi connectivity index (χ4n) is 6.44. The maximum atomic E-state index is 14.3. The average molecular weight is 636 g/mol. The number of aliphatic hydroxyl groups is 3. The van der Waals surface area contributed by atoms with Crippen LogP contribution < -0.4 is 20.4 Å². The molecule has 3 aromatic rings. The second-order valence-electron chi connectivity index (χ2n) is 11.5. The third-order valence-corrected chi connectivity index (χ3v) is 8.75. The summed E-state index contributed by atoms with van der Waals surface area (Å²) in [6, 6.07) is 10.6. The van der Waals surface area contributed by atoms with E-state index in [0.29, 0.717) is 66.4 Å². The van der Waals surface area contributed by atoms with Crippen LogP contribution in [-0.2, 0) is 16.1 Å². The molecule has 3 aliphatic rings. The molecule has 4 atom stereocenters. The van der Waals surface area contributed by atoms with Crippen LogP contribution in [0.25, 0.3) is 11.0 Å². The zero-order chi connectivity index (χ0) is 32.4. The molecule has 2 amide bonds. The number of nitrogens with one attached hydrogen (secondary N) is 1. The number of nitrogens with zero attached hydrogens (tertiary/aromatic N) is 2. The second-order valence-corrected chi connectivity index (χ2v) is 11.5. The van der Waals surface area contributed by atoms with Gasteiger partial charge in [0.05, 0.1) is 45.5 Å². The lowest BCUT2D eigenvalue weighted by Crippen LogP contribution is -2.57. The first-order valence-electron chi connectivity index (χ1n) is 15.3. The number of carbonyl (C=O) groups excluding carboxylic acids is 2. The summed E-state index contributed by atoms with van der Waals surface area (Å²) in [5.41, 5.74) is 0.577. The van der Waals surface area contributed by atoms with Gasteiger partial charge in [0, 0.05) is 49.2 Å². The number of rotatable bonds is 10. The van der Waals surface area contributed by atoms with Crippen molar-refractivity contribution in [3.05, 3.63) is 81.2 Å². The third kappa shape index (κ3) is 5.99. The second kappa shape index (κ2) is 13.6. The van der Waals surface area contributed by atoms with Crippen LogP contribution in [0.1, 0.15) is 27.4 Å². The Hall–Kier alpha value is -4.27. The van der Waals surface area contributed by atoms with Crippen molar-refractivity contribution in [2.45, 2.75) is 30.8 Å². The molecule has 46 heavy (non-hydrogen) atoms. The molecule has 13 nitrogen and oxygen atoms in total. The Morgan fingerprint density at radius 1 is 1.13 bits per heavy atom. The summed E-state index contributed by atoms with van der Waals surface area (Å²) in [5.74, 6) is -1.32. The molecule has 6 rings (SSSR count). The molecule has 0 radical (unpaired) electrons. The highest BCUT2D eigenvalue weighted by atomic mass is 16.5. The summed E-state index contributed by atoms with van der Waals surface area (Å²) in [6.45, 7) is 2.29. The fourth-order valence-corrected chi connectivity index (χ4v) is 6.44. The molecule has 0 bridgehead atoms. The van der Waals surface area contributed by atoms with Gasteiger partial charge in [0.1, 0.15) is 23.4 Å². The lowest BCUT2D eigenvalue weighted by molar-refractivity contribution is -0.118. The average Bonchev–Trinajstić information content (AvgIpc) is 3.47. The smallest absolute Gasteiger partial charge is 0.349 e. The van der Waals surface area contributed by atoms with Crippen molar-refractivity contribution >= 4 is 22.8 Å². The number of aliphatic hydroxyl groups excluding tert-OH is 3. The molecule has 2 aliphatic heterocycles. The monoisotopic (exact) mass is 635 g/mol. The summed E-state index contributed by atoms with van der Waals surface area (Å²) >= 11 is 0. The van der Waals surface area contributed by atoms with E-state index in [4.69, 9.17) is 18.6 Å². The van der Waals surface area contributed by atoms with E-state index in [1.807, 2.05) is 0 Å². The van der Waals surface area contributed by atoms with Crippen molar-refractivity contribution < 1.29 is 43.5 Å². The van der Waals surface area contributed by atoms with Gasteiger partial charge in [-0.15, -0.1) is 0 Å². The number of amides is 2. The van der Waals surface area contributed by atoms with Gasteiger partial charge in [0.2, 0.25) is 5.91 Å². The Balaban J connectivity index is 1.44. The van der Waals surface area contributed by atoms with E-state index in [9.17, 15) is 29.7 Å². The molecule has 0 spiro atoms. The van der Waals surface area contributed by atoms with Crippen LogP contribution in [0.2, 0.25) is 0 Å². The lowest BCUT2D eigenvalue weighted by atomic mass is 9.77.